The van der Waals surface area contributed by atoms with Crippen LogP contribution in [0.4, 0.5) is 0 Å². The first kappa shape index (κ1) is 15.8. The van der Waals surface area contributed by atoms with Crippen LogP contribution in [0.25, 0.3) is 0 Å². The molecule has 4 heteroatoms. The molecule has 0 radical (unpaired) electrons. The minimum absolute atomic E-state index is 0.109. The highest BCUT2D eigenvalue weighted by Crippen LogP contribution is 2.32. The number of hydrogen-bond donors (Lipinski definition) is 1. The highest BCUT2D eigenvalue weighted by molar-refractivity contribution is 6.31. The molecule has 1 amide bonds. The largest absolute Gasteiger partial charge is 0.335 e. The van der Waals surface area contributed by atoms with E-state index in [0.29, 0.717) is 18.5 Å². The van der Waals surface area contributed by atoms with Crippen LogP contribution in [0, 0.1) is 5.92 Å². The summed E-state index contributed by atoms with van der Waals surface area (Å²) in [4.78, 5) is 15.1. The number of carbonyl (C=O) groups is 1. The van der Waals surface area contributed by atoms with Crippen LogP contribution in [0.5, 0.6) is 0 Å². The highest BCUT2D eigenvalue weighted by atomic mass is 35.5. The van der Waals surface area contributed by atoms with Gasteiger partial charge in [0, 0.05) is 29.6 Å². The number of nitrogens with two attached hydrogens (primary N) is 1. The summed E-state index contributed by atoms with van der Waals surface area (Å²) in [5.74, 6) is 0.401. The van der Waals surface area contributed by atoms with Crippen LogP contribution >= 0.6 is 11.6 Å². The standard InChI is InChI=1S/C18H25ClN2O/c19-17-8-4-1-5-14(17)12-21(16-6-2-3-7-16)18(22)13-9-10-15(20)11-13/h1,4-5,8,13,15-16H,2-3,6-7,9-12,20H2. The topological polar surface area (TPSA) is 46.3 Å². The molecule has 1 aromatic rings. The van der Waals surface area contributed by atoms with Gasteiger partial charge in [0.25, 0.3) is 0 Å². The predicted octanol–water partition coefficient (Wildman–Crippen LogP) is 3.74. The lowest BCUT2D eigenvalue weighted by Crippen LogP contribution is -2.41. The first-order valence-corrected chi connectivity index (χ1v) is 8.82. The number of amides is 1. The molecular weight excluding hydrogens is 296 g/mol. The number of halogens is 1. The smallest absolute Gasteiger partial charge is 0.226 e. The molecule has 2 N–H and O–H groups in total. The van der Waals surface area contributed by atoms with Crippen molar-refractivity contribution in [3.63, 3.8) is 0 Å². The summed E-state index contributed by atoms with van der Waals surface area (Å²) in [7, 11) is 0. The molecule has 0 spiro atoms. The lowest BCUT2D eigenvalue weighted by Gasteiger charge is -2.32. The molecule has 0 bridgehead atoms. The second-order valence-electron chi connectivity index (χ2n) is 6.77. The van der Waals surface area contributed by atoms with Crippen LogP contribution in [0.15, 0.2) is 24.3 Å². The number of benzene rings is 1. The Morgan fingerprint density at radius 1 is 1.18 bits per heavy atom. The maximum absolute atomic E-state index is 13.0. The van der Waals surface area contributed by atoms with E-state index in [4.69, 9.17) is 17.3 Å². The summed E-state index contributed by atoms with van der Waals surface area (Å²) in [6.45, 7) is 0.634. The number of nitrogens with zero attached hydrogens (tertiary/aromatic N) is 1. The molecule has 3 nitrogen and oxygen atoms in total. The van der Waals surface area contributed by atoms with Gasteiger partial charge < -0.3 is 10.6 Å². The zero-order valence-electron chi connectivity index (χ0n) is 13.0. The number of hydrogen-bond acceptors (Lipinski definition) is 2. The van der Waals surface area contributed by atoms with Crippen molar-refractivity contribution in [3.8, 4) is 0 Å². The fourth-order valence-corrected chi connectivity index (χ4v) is 4.08. The normalized spacial score (nSPS) is 25.5. The molecule has 0 saturated heterocycles. The summed E-state index contributed by atoms with van der Waals surface area (Å²) >= 11 is 6.30. The fourth-order valence-electron chi connectivity index (χ4n) is 3.89. The highest BCUT2D eigenvalue weighted by Gasteiger charge is 2.35. The number of carbonyl (C=O) groups excluding carboxylic acids is 1. The zero-order chi connectivity index (χ0) is 15.5. The molecule has 2 aliphatic carbocycles. The van der Waals surface area contributed by atoms with E-state index in [-0.39, 0.29) is 12.0 Å². The monoisotopic (exact) mass is 320 g/mol. The van der Waals surface area contributed by atoms with Crippen LogP contribution in [-0.2, 0) is 11.3 Å². The number of rotatable bonds is 4. The Balaban J connectivity index is 1.77. The van der Waals surface area contributed by atoms with Crippen LogP contribution in [0.2, 0.25) is 5.02 Å². The Morgan fingerprint density at radius 2 is 1.91 bits per heavy atom. The van der Waals surface area contributed by atoms with Crippen molar-refractivity contribution < 1.29 is 4.79 Å². The molecule has 2 saturated carbocycles. The van der Waals surface area contributed by atoms with Gasteiger partial charge in [0.1, 0.15) is 0 Å². The average molecular weight is 321 g/mol. The third-order valence-electron chi connectivity index (χ3n) is 5.17. The molecular formula is C18H25ClN2O. The first-order valence-electron chi connectivity index (χ1n) is 8.44. The molecule has 3 rings (SSSR count). The van der Waals surface area contributed by atoms with Gasteiger partial charge in [-0.1, -0.05) is 42.6 Å². The van der Waals surface area contributed by atoms with Gasteiger partial charge in [-0.15, -0.1) is 0 Å². The Kier molecular flexibility index (Phi) is 5.04. The Labute approximate surface area is 137 Å². The molecule has 2 fully saturated rings. The summed E-state index contributed by atoms with van der Waals surface area (Å²) < 4.78 is 0. The summed E-state index contributed by atoms with van der Waals surface area (Å²) in [6.07, 6.45) is 7.43. The molecule has 0 aromatic heterocycles. The molecule has 2 aliphatic rings. The minimum Gasteiger partial charge on any atom is -0.335 e. The van der Waals surface area contributed by atoms with Crippen molar-refractivity contribution in [3.05, 3.63) is 34.9 Å². The van der Waals surface area contributed by atoms with E-state index in [1.54, 1.807) is 0 Å². The Hall–Kier alpha value is -1.06. The van der Waals surface area contributed by atoms with E-state index in [0.717, 1.165) is 42.7 Å². The van der Waals surface area contributed by atoms with Crippen molar-refractivity contribution in [1.82, 2.24) is 4.90 Å². The van der Waals surface area contributed by atoms with Gasteiger partial charge in [-0.25, -0.2) is 0 Å². The third-order valence-corrected chi connectivity index (χ3v) is 5.54. The van der Waals surface area contributed by atoms with Crippen LogP contribution in [0.3, 0.4) is 0 Å². The van der Waals surface area contributed by atoms with Gasteiger partial charge in [-0.2, -0.15) is 0 Å². The van der Waals surface area contributed by atoms with E-state index >= 15 is 0 Å². The van der Waals surface area contributed by atoms with Crippen molar-refractivity contribution in [2.75, 3.05) is 0 Å². The van der Waals surface area contributed by atoms with Gasteiger partial charge in [0.05, 0.1) is 0 Å². The molecule has 22 heavy (non-hydrogen) atoms. The molecule has 120 valence electrons. The summed E-state index contributed by atoms with van der Waals surface area (Å²) in [5, 5.41) is 0.751. The Morgan fingerprint density at radius 3 is 2.55 bits per heavy atom. The molecule has 0 aliphatic heterocycles. The molecule has 1 aromatic carbocycles. The second kappa shape index (κ2) is 7.01. The van der Waals surface area contributed by atoms with Gasteiger partial charge >= 0.3 is 0 Å². The van der Waals surface area contributed by atoms with Crippen LogP contribution < -0.4 is 5.73 Å². The van der Waals surface area contributed by atoms with E-state index in [2.05, 4.69) is 4.90 Å². The second-order valence-corrected chi connectivity index (χ2v) is 7.17. The minimum atomic E-state index is 0.109. The van der Waals surface area contributed by atoms with Crippen LogP contribution in [-0.4, -0.2) is 22.9 Å². The maximum atomic E-state index is 13.0. The van der Waals surface area contributed by atoms with Gasteiger partial charge in [0.15, 0.2) is 0 Å². The Bertz CT molecular complexity index is 528. The lowest BCUT2D eigenvalue weighted by molar-refractivity contribution is -0.138. The van der Waals surface area contributed by atoms with Crippen molar-refractivity contribution in [1.29, 1.82) is 0 Å². The summed E-state index contributed by atoms with van der Waals surface area (Å²) in [5.41, 5.74) is 7.05. The van der Waals surface area contributed by atoms with Gasteiger partial charge in [0.2, 0.25) is 5.91 Å². The van der Waals surface area contributed by atoms with Crippen molar-refractivity contribution >= 4 is 17.5 Å². The molecule has 0 heterocycles. The van der Waals surface area contributed by atoms with Crippen molar-refractivity contribution in [2.45, 2.75) is 63.6 Å². The third kappa shape index (κ3) is 3.47. The van der Waals surface area contributed by atoms with Gasteiger partial charge in [-0.3, -0.25) is 4.79 Å². The van der Waals surface area contributed by atoms with E-state index in [1.165, 1.54) is 12.8 Å². The van der Waals surface area contributed by atoms with Gasteiger partial charge in [-0.05, 0) is 43.7 Å². The van der Waals surface area contributed by atoms with E-state index < -0.39 is 0 Å². The van der Waals surface area contributed by atoms with Crippen LogP contribution in [0.1, 0.15) is 50.5 Å². The first-order chi connectivity index (χ1) is 10.6. The average Bonchev–Trinajstić information content (AvgIpc) is 3.17. The SMILES string of the molecule is NC1CCC(C(=O)N(Cc2ccccc2Cl)C2CCCC2)C1. The van der Waals surface area contributed by atoms with E-state index in [1.807, 2.05) is 24.3 Å². The predicted molar refractivity (Wildman–Crippen MR) is 89.6 cm³/mol. The van der Waals surface area contributed by atoms with E-state index in [9.17, 15) is 4.79 Å². The molecule has 2 unspecified atom stereocenters. The zero-order valence-corrected chi connectivity index (χ0v) is 13.8. The maximum Gasteiger partial charge on any atom is 0.226 e. The lowest BCUT2D eigenvalue weighted by atomic mass is 10.0. The summed E-state index contributed by atoms with van der Waals surface area (Å²) in [6, 6.07) is 8.42. The van der Waals surface area contributed by atoms with Crippen molar-refractivity contribution in [2.24, 2.45) is 11.7 Å². The molecule has 2 atom stereocenters. The quantitative estimate of drug-likeness (QED) is 0.918. The fraction of sp³-hybridized carbons (Fsp3) is 0.611.